The number of halogens is 2. The summed E-state index contributed by atoms with van der Waals surface area (Å²) in [5.74, 6) is -3.03. The Bertz CT molecular complexity index is 964. The van der Waals surface area contributed by atoms with Gasteiger partial charge in [-0.1, -0.05) is 31.2 Å². The molecule has 0 amide bonds. The molecule has 0 saturated carbocycles. The van der Waals surface area contributed by atoms with Crippen LogP contribution in [0, 0.1) is 0 Å². The normalized spacial score (nSPS) is 22.2. The molecule has 0 radical (unpaired) electrons. The van der Waals surface area contributed by atoms with Gasteiger partial charge in [0.05, 0.1) is 11.9 Å². The Labute approximate surface area is 142 Å². The average Bonchev–Trinajstić information content (AvgIpc) is 3.06. The Balaban J connectivity index is 1.99. The Morgan fingerprint density at radius 3 is 2.75 bits per heavy atom. The first-order valence-corrected chi connectivity index (χ1v) is 8.62. The van der Waals surface area contributed by atoms with E-state index in [2.05, 4.69) is 15.0 Å². The van der Waals surface area contributed by atoms with Crippen LogP contribution < -0.4 is 0 Å². The van der Waals surface area contributed by atoms with E-state index in [1.807, 2.05) is 11.4 Å². The lowest BCUT2D eigenvalue weighted by atomic mass is 9.80. The zero-order valence-electron chi connectivity index (χ0n) is 13.3. The van der Waals surface area contributed by atoms with Crippen LogP contribution in [0.5, 0.6) is 0 Å². The van der Waals surface area contributed by atoms with Gasteiger partial charge in [-0.05, 0) is 24.8 Å². The molecule has 0 aliphatic carbocycles. The molecule has 6 heteroatoms. The number of fused-ring (bicyclic) bond motifs is 2. The van der Waals surface area contributed by atoms with Crippen LogP contribution in [-0.4, -0.2) is 21.2 Å². The Hall–Kier alpha value is -2.21. The lowest BCUT2D eigenvalue weighted by Crippen LogP contribution is -2.46. The summed E-state index contributed by atoms with van der Waals surface area (Å²) in [6.45, 7) is 3.23. The van der Waals surface area contributed by atoms with Crippen LogP contribution in [0.1, 0.15) is 37.1 Å². The molecular formula is C18H15F2N3S. The van der Waals surface area contributed by atoms with E-state index in [0.29, 0.717) is 17.0 Å². The Morgan fingerprint density at radius 2 is 1.96 bits per heavy atom. The maximum Gasteiger partial charge on any atom is 0.298 e. The van der Waals surface area contributed by atoms with E-state index in [9.17, 15) is 8.78 Å². The molecule has 2 aromatic heterocycles. The van der Waals surface area contributed by atoms with Gasteiger partial charge in [-0.25, -0.2) is 9.97 Å². The summed E-state index contributed by atoms with van der Waals surface area (Å²) >= 11 is 1.50. The van der Waals surface area contributed by atoms with Gasteiger partial charge in [0.2, 0.25) is 0 Å². The van der Waals surface area contributed by atoms with Gasteiger partial charge in [-0.15, -0.1) is 11.3 Å². The molecule has 3 heterocycles. The van der Waals surface area contributed by atoms with Gasteiger partial charge in [-0.2, -0.15) is 8.78 Å². The monoisotopic (exact) mass is 343 g/mol. The van der Waals surface area contributed by atoms with Crippen LogP contribution in [0.3, 0.4) is 0 Å². The van der Waals surface area contributed by atoms with Crippen molar-refractivity contribution in [1.29, 1.82) is 0 Å². The quantitative estimate of drug-likeness (QED) is 0.670. The minimum absolute atomic E-state index is 0.00608. The first kappa shape index (κ1) is 15.3. The molecule has 0 spiro atoms. The Morgan fingerprint density at radius 1 is 1.17 bits per heavy atom. The van der Waals surface area contributed by atoms with Crippen molar-refractivity contribution in [3.8, 4) is 0 Å². The molecule has 3 nitrogen and oxygen atoms in total. The van der Waals surface area contributed by atoms with Crippen molar-refractivity contribution in [1.82, 2.24) is 9.97 Å². The summed E-state index contributed by atoms with van der Waals surface area (Å²) in [5.41, 5.74) is 0.712. The average molecular weight is 343 g/mol. The molecule has 0 N–H and O–H groups in total. The van der Waals surface area contributed by atoms with Crippen molar-refractivity contribution in [2.24, 2.45) is 4.99 Å². The summed E-state index contributed by atoms with van der Waals surface area (Å²) < 4.78 is 30.0. The van der Waals surface area contributed by atoms with Gasteiger partial charge in [0.15, 0.2) is 0 Å². The van der Waals surface area contributed by atoms with Crippen molar-refractivity contribution in [2.45, 2.75) is 31.7 Å². The predicted molar refractivity (Wildman–Crippen MR) is 92.1 cm³/mol. The zero-order chi connectivity index (χ0) is 16.9. The summed E-state index contributed by atoms with van der Waals surface area (Å²) in [5, 5.41) is 1.91. The van der Waals surface area contributed by atoms with E-state index in [1.54, 1.807) is 31.3 Å². The van der Waals surface area contributed by atoms with Gasteiger partial charge >= 0.3 is 0 Å². The molecule has 1 atom stereocenters. The fourth-order valence-electron chi connectivity index (χ4n) is 3.00. The third-order valence-corrected chi connectivity index (χ3v) is 5.47. The molecule has 24 heavy (non-hydrogen) atoms. The van der Waals surface area contributed by atoms with Gasteiger partial charge < -0.3 is 0 Å². The van der Waals surface area contributed by atoms with Crippen molar-refractivity contribution in [2.75, 3.05) is 0 Å². The number of hydrogen-bond donors (Lipinski definition) is 0. The topological polar surface area (TPSA) is 38.1 Å². The smallest absolute Gasteiger partial charge is 0.269 e. The van der Waals surface area contributed by atoms with Crippen molar-refractivity contribution < 1.29 is 8.78 Å². The van der Waals surface area contributed by atoms with Gasteiger partial charge in [-0.3, -0.25) is 4.99 Å². The summed E-state index contributed by atoms with van der Waals surface area (Å²) in [6.07, 6.45) is 1.85. The Kier molecular flexibility index (Phi) is 3.28. The number of alkyl halides is 2. The molecule has 1 aliphatic rings. The molecule has 1 aliphatic heterocycles. The molecule has 0 bridgehead atoms. The second-order valence-corrected chi connectivity index (χ2v) is 6.97. The van der Waals surface area contributed by atoms with Crippen LogP contribution in [0.25, 0.3) is 10.3 Å². The van der Waals surface area contributed by atoms with E-state index in [0.717, 1.165) is 10.3 Å². The maximum atomic E-state index is 15.0. The second kappa shape index (κ2) is 5.14. The van der Waals surface area contributed by atoms with Gasteiger partial charge in [0.25, 0.3) is 5.92 Å². The molecule has 0 saturated heterocycles. The largest absolute Gasteiger partial charge is 0.298 e. The number of benzene rings is 1. The minimum atomic E-state index is -3.03. The molecule has 122 valence electrons. The van der Waals surface area contributed by atoms with Crippen LogP contribution in [-0.2, 0) is 5.92 Å². The predicted octanol–water partition coefficient (Wildman–Crippen LogP) is 4.80. The third-order valence-electron chi connectivity index (χ3n) is 4.66. The van der Waals surface area contributed by atoms with E-state index in [1.165, 1.54) is 24.3 Å². The SMILES string of the molecule is CCC1(C)N=C(c2cnc3sccc3n2)c2ccccc2C1(F)F. The molecule has 1 unspecified atom stereocenters. The van der Waals surface area contributed by atoms with E-state index < -0.39 is 11.5 Å². The van der Waals surface area contributed by atoms with E-state index in [-0.39, 0.29) is 12.0 Å². The zero-order valence-corrected chi connectivity index (χ0v) is 14.1. The van der Waals surface area contributed by atoms with Crippen LogP contribution >= 0.6 is 11.3 Å². The first-order valence-electron chi connectivity index (χ1n) is 7.74. The molecule has 3 aromatic rings. The van der Waals surface area contributed by atoms with Crippen LogP contribution in [0.15, 0.2) is 46.9 Å². The number of nitrogens with zero attached hydrogens (tertiary/aromatic N) is 3. The summed E-state index contributed by atoms with van der Waals surface area (Å²) in [7, 11) is 0. The summed E-state index contributed by atoms with van der Waals surface area (Å²) in [6, 6.07) is 8.42. The third kappa shape index (κ3) is 2.02. The highest BCUT2D eigenvalue weighted by Crippen LogP contribution is 2.48. The number of hydrogen-bond acceptors (Lipinski definition) is 4. The number of rotatable bonds is 2. The van der Waals surface area contributed by atoms with Crippen molar-refractivity contribution in [3.05, 3.63) is 58.7 Å². The fourth-order valence-corrected chi connectivity index (χ4v) is 3.67. The second-order valence-electron chi connectivity index (χ2n) is 6.07. The highest BCUT2D eigenvalue weighted by atomic mass is 32.1. The molecular weight excluding hydrogens is 328 g/mol. The number of thiophene rings is 1. The molecule has 0 fully saturated rings. The number of aliphatic imine (C=N–C) groups is 1. The van der Waals surface area contributed by atoms with Gasteiger partial charge in [0, 0.05) is 11.1 Å². The fraction of sp³-hybridized carbons (Fsp3) is 0.278. The highest BCUT2D eigenvalue weighted by Gasteiger charge is 2.54. The number of aromatic nitrogens is 2. The van der Waals surface area contributed by atoms with Gasteiger partial charge in [0.1, 0.15) is 21.6 Å². The summed E-state index contributed by atoms with van der Waals surface area (Å²) in [4.78, 5) is 14.2. The van der Waals surface area contributed by atoms with Crippen LogP contribution in [0.2, 0.25) is 0 Å². The van der Waals surface area contributed by atoms with E-state index in [4.69, 9.17) is 0 Å². The van der Waals surface area contributed by atoms with E-state index >= 15 is 0 Å². The molecule has 4 rings (SSSR count). The highest BCUT2D eigenvalue weighted by molar-refractivity contribution is 7.16. The molecule has 1 aromatic carbocycles. The van der Waals surface area contributed by atoms with Crippen molar-refractivity contribution >= 4 is 27.4 Å². The minimum Gasteiger partial charge on any atom is -0.269 e. The van der Waals surface area contributed by atoms with Crippen LogP contribution in [0.4, 0.5) is 8.78 Å². The maximum absolute atomic E-state index is 15.0. The standard InChI is InChI=1S/C18H15F2N3S/c1-3-17(2)18(19,20)12-7-5-4-6-11(12)15(23-17)14-10-21-16-13(22-14)8-9-24-16/h4-10H,3H2,1-2H3. The lowest BCUT2D eigenvalue weighted by molar-refractivity contribution is -0.0769. The lowest BCUT2D eigenvalue weighted by Gasteiger charge is -2.38. The van der Waals surface area contributed by atoms with Crippen molar-refractivity contribution in [3.63, 3.8) is 0 Å². The first-order chi connectivity index (χ1) is 11.5.